The number of rotatable bonds is 3. The molecule has 2 atom stereocenters. The van der Waals surface area contributed by atoms with Crippen molar-refractivity contribution in [2.45, 2.75) is 18.2 Å². The molecule has 1 aliphatic rings. The molecule has 2 rings (SSSR count). The van der Waals surface area contributed by atoms with Crippen molar-refractivity contribution in [3.8, 4) is 5.75 Å². The normalized spacial score (nSPS) is 22.2. The smallest absolute Gasteiger partial charge is 0.120 e. The van der Waals surface area contributed by atoms with Crippen molar-refractivity contribution >= 4 is 23.2 Å². The zero-order valence-corrected chi connectivity index (χ0v) is 11.3. The minimum atomic E-state index is -0.0892. The van der Waals surface area contributed by atoms with E-state index in [1.54, 1.807) is 13.2 Å². The van der Waals surface area contributed by atoms with Crippen molar-refractivity contribution < 1.29 is 9.47 Å². The van der Waals surface area contributed by atoms with Gasteiger partial charge in [0.05, 0.1) is 19.1 Å². The van der Waals surface area contributed by atoms with Crippen LogP contribution >= 0.6 is 23.2 Å². The van der Waals surface area contributed by atoms with Crippen molar-refractivity contribution in [1.29, 1.82) is 0 Å². The Hall–Kier alpha value is -0.440. The fourth-order valence-electron chi connectivity index (χ4n) is 2.11. The lowest BCUT2D eigenvalue weighted by Gasteiger charge is -2.27. The van der Waals surface area contributed by atoms with Gasteiger partial charge in [0, 0.05) is 17.5 Å². The van der Waals surface area contributed by atoms with E-state index >= 15 is 0 Å². The minimum Gasteiger partial charge on any atom is -0.497 e. The van der Waals surface area contributed by atoms with Crippen molar-refractivity contribution in [2.75, 3.05) is 20.3 Å². The predicted molar refractivity (Wildman–Crippen MR) is 70.1 cm³/mol. The van der Waals surface area contributed by atoms with E-state index in [-0.39, 0.29) is 5.38 Å². The van der Waals surface area contributed by atoms with E-state index in [1.165, 1.54) is 0 Å². The van der Waals surface area contributed by atoms with Gasteiger partial charge in [-0.15, -0.1) is 11.6 Å². The molecule has 2 unspecified atom stereocenters. The average Bonchev–Trinajstić information content (AvgIpc) is 2.39. The Morgan fingerprint density at radius 3 is 2.88 bits per heavy atom. The molecule has 0 aliphatic carbocycles. The lowest BCUT2D eigenvalue weighted by Crippen LogP contribution is -2.21. The van der Waals surface area contributed by atoms with E-state index in [9.17, 15) is 0 Å². The Kier molecular flexibility index (Phi) is 4.55. The molecule has 1 aromatic carbocycles. The Labute approximate surface area is 112 Å². The molecule has 1 heterocycles. The molecule has 0 saturated carbocycles. The second-order valence-electron chi connectivity index (χ2n) is 4.27. The molecule has 2 nitrogen and oxygen atoms in total. The SMILES string of the molecule is COc1ccc(C(Cl)C2CCCOC2)c(Cl)c1. The monoisotopic (exact) mass is 274 g/mol. The van der Waals surface area contributed by atoms with Gasteiger partial charge in [-0.25, -0.2) is 0 Å². The Morgan fingerprint density at radius 1 is 1.47 bits per heavy atom. The van der Waals surface area contributed by atoms with Gasteiger partial charge in [-0.3, -0.25) is 0 Å². The fraction of sp³-hybridized carbons (Fsp3) is 0.538. The van der Waals surface area contributed by atoms with Crippen LogP contribution in [0, 0.1) is 5.92 Å². The van der Waals surface area contributed by atoms with Crippen LogP contribution in [0.5, 0.6) is 5.75 Å². The number of ether oxygens (including phenoxy) is 2. The van der Waals surface area contributed by atoms with Gasteiger partial charge in [0.2, 0.25) is 0 Å². The van der Waals surface area contributed by atoms with Gasteiger partial charge in [-0.1, -0.05) is 17.7 Å². The second-order valence-corrected chi connectivity index (χ2v) is 5.14. The molecular formula is C13H16Cl2O2. The van der Waals surface area contributed by atoms with Crippen LogP contribution in [0.25, 0.3) is 0 Å². The van der Waals surface area contributed by atoms with E-state index in [4.69, 9.17) is 32.7 Å². The van der Waals surface area contributed by atoms with Crippen LogP contribution < -0.4 is 4.74 Å². The Morgan fingerprint density at radius 2 is 2.29 bits per heavy atom. The van der Waals surface area contributed by atoms with E-state index in [0.717, 1.165) is 37.4 Å². The Bertz CT molecular complexity index is 376. The summed E-state index contributed by atoms with van der Waals surface area (Å²) in [6.45, 7) is 1.56. The number of methoxy groups -OCH3 is 1. The van der Waals surface area contributed by atoms with Crippen LogP contribution in [-0.2, 0) is 4.74 Å². The highest BCUT2D eigenvalue weighted by molar-refractivity contribution is 6.33. The maximum absolute atomic E-state index is 6.48. The molecule has 1 aromatic rings. The molecule has 0 bridgehead atoms. The average molecular weight is 275 g/mol. The van der Waals surface area contributed by atoms with Crippen LogP contribution in [0.1, 0.15) is 23.8 Å². The van der Waals surface area contributed by atoms with Crippen LogP contribution in [0.3, 0.4) is 0 Å². The van der Waals surface area contributed by atoms with E-state index in [0.29, 0.717) is 10.9 Å². The van der Waals surface area contributed by atoms with Gasteiger partial charge in [-0.2, -0.15) is 0 Å². The van der Waals surface area contributed by atoms with E-state index in [1.807, 2.05) is 12.1 Å². The quantitative estimate of drug-likeness (QED) is 0.774. The summed E-state index contributed by atoms with van der Waals surface area (Å²) < 4.78 is 10.6. The number of halogens is 2. The maximum Gasteiger partial charge on any atom is 0.120 e. The third-order valence-corrected chi connectivity index (χ3v) is 4.03. The van der Waals surface area contributed by atoms with Crippen LogP contribution in [0.2, 0.25) is 5.02 Å². The molecule has 0 radical (unpaired) electrons. The molecule has 17 heavy (non-hydrogen) atoms. The minimum absolute atomic E-state index is 0.0892. The van der Waals surface area contributed by atoms with Crippen LogP contribution in [-0.4, -0.2) is 20.3 Å². The predicted octanol–water partition coefficient (Wildman–Crippen LogP) is 4.06. The Balaban J connectivity index is 2.15. The first-order valence-corrected chi connectivity index (χ1v) is 6.59. The molecule has 1 saturated heterocycles. The third kappa shape index (κ3) is 3.06. The van der Waals surface area contributed by atoms with Crippen LogP contribution in [0.15, 0.2) is 18.2 Å². The largest absolute Gasteiger partial charge is 0.497 e. The fourth-order valence-corrected chi connectivity index (χ4v) is 2.84. The summed E-state index contributed by atoms with van der Waals surface area (Å²) in [6, 6.07) is 5.63. The standard InChI is InChI=1S/C13H16Cl2O2/c1-16-10-4-5-11(12(14)7-10)13(15)9-3-2-6-17-8-9/h4-5,7,9,13H,2-3,6,8H2,1H3. The topological polar surface area (TPSA) is 18.5 Å². The first-order chi connectivity index (χ1) is 8.22. The molecule has 0 amide bonds. The number of alkyl halides is 1. The van der Waals surface area contributed by atoms with Crippen molar-refractivity contribution in [2.24, 2.45) is 5.92 Å². The summed E-state index contributed by atoms with van der Waals surface area (Å²) >= 11 is 12.7. The highest BCUT2D eigenvalue weighted by atomic mass is 35.5. The second kappa shape index (κ2) is 5.94. The van der Waals surface area contributed by atoms with Gasteiger partial charge in [0.15, 0.2) is 0 Å². The molecule has 94 valence electrons. The molecule has 0 spiro atoms. The number of hydrogen-bond acceptors (Lipinski definition) is 2. The van der Waals surface area contributed by atoms with Crippen molar-refractivity contribution in [3.05, 3.63) is 28.8 Å². The highest BCUT2D eigenvalue weighted by Gasteiger charge is 2.25. The summed E-state index contributed by atoms with van der Waals surface area (Å²) in [6.07, 6.45) is 2.16. The maximum atomic E-state index is 6.48. The molecular weight excluding hydrogens is 259 g/mol. The summed E-state index contributed by atoms with van der Waals surface area (Å²) in [5.41, 5.74) is 0.963. The van der Waals surface area contributed by atoms with E-state index in [2.05, 4.69) is 0 Å². The lowest BCUT2D eigenvalue weighted by atomic mass is 9.93. The van der Waals surface area contributed by atoms with Gasteiger partial charge in [-0.05, 0) is 30.5 Å². The summed E-state index contributed by atoms with van der Waals surface area (Å²) in [5.74, 6) is 1.10. The lowest BCUT2D eigenvalue weighted by molar-refractivity contribution is 0.0531. The van der Waals surface area contributed by atoms with Crippen LogP contribution in [0.4, 0.5) is 0 Å². The van der Waals surface area contributed by atoms with Crippen molar-refractivity contribution in [1.82, 2.24) is 0 Å². The van der Waals surface area contributed by atoms with Gasteiger partial charge >= 0.3 is 0 Å². The number of hydrogen-bond donors (Lipinski definition) is 0. The summed E-state index contributed by atoms with van der Waals surface area (Å²) in [7, 11) is 1.62. The molecule has 1 fully saturated rings. The zero-order chi connectivity index (χ0) is 12.3. The van der Waals surface area contributed by atoms with E-state index < -0.39 is 0 Å². The van der Waals surface area contributed by atoms with Gasteiger partial charge in [0.25, 0.3) is 0 Å². The molecule has 4 heteroatoms. The molecule has 1 aliphatic heterocycles. The summed E-state index contributed by atoms with van der Waals surface area (Å²) in [4.78, 5) is 0. The number of benzene rings is 1. The van der Waals surface area contributed by atoms with Gasteiger partial charge < -0.3 is 9.47 Å². The van der Waals surface area contributed by atoms with Gasteiger partial charge in [0.1, 0.15) is 5.75 Å². The first kappa shape index (κ1) is 13.0. The summed E-state index contributed by atoms with van der Waals surface area (Å²) in [5, 5.41) is 0.573. The highest BCUT2D eigenvalue weighted by Crippen LogP contribution is 2.38. The molecule has 0 N–H and O–H groups in total. The molecule has 0 aromatic heterocycles. The van der Waals surface area contributed by atoms with Crippen molar-refractivity contribution in [3.63, 3.8) is 0 Å². The first-order valence-electron chi connectivity index (χ1n) is 5.77. The zero-order valence-electron chi connectivity index (χ0n) is 9.79. The third-order valence-electron chi connectivity index (χ3n) is 3.11.